The predicted molar refractivity (Wildman–Crippen MR) is 106 cm³/mol. The van der Waals surface area contributed by atoms with Crippen molar-refractivity contribution in [3.8, 4) is 0 Å². The molecule has 0 radical (unpaired) electrons. The summed E-state index contributed by atoms with van der Waals surface area (Å²) in [7, 11) is 1.96. The van der Waals surface area contributed by atoms with Gasteiger partial charge in [0.2, 0.25) is 5.96 Å². The highest BCUT2D eigenvalue weighted by molar-refractivity contribution is 6.43. The summed E-state index contributed by atoms with van der Waals surface area (Å²) < 4.78 is 0. The van der Waals surface area contributed by atoms with Crippen LogP contribution in [0, 0.1) is 13.8 Å². The number of benzene rings is 2. The minimum absolute atomic E-state index is 0.0191. The van der Waals surface area contributed by atoms with Crippen molar-refractivity contribution in [2.75, 3.05) is 13.6 Å². The zero-order chi connectivity index (χ0) is 18.4. The van der Waals surface area contributed by atoms with Gasteiger partial charge in [-0.25, -0.2) is 9.98 Å². The summed E-state index contributed by atoms with van der Waals surface area (Å²) in [5.74, 6) is 0.676. The fourth-order valence-electron chi connectivity index (χ4n) is 3.48. The number of aryl methyl sites for hydroxylation is 2. The number of fused-ring (bicyclic) bond motifs is 3. The highest BCUT2D eigenvalue weighted by Gasteiger charge is 2.35. The van der Waals surface area contributed by atoms with Crippen molar-refractivity contribution in [2.45, 2.75) is 20.8 Å². The monoisotopic (exact) mass is 343 g/mol. The SMILES string of the molecule is CCN(C)C1=NC2=C(c3ccc(C)cc3C)C(=O)c3ccccc3C2=N1. The topological polar surface area (TPSA) is 45.0 Å². The molecule has 1 aliphatic carbocycles. The number of allylic oxidation sites excluding steroid dienone is 2. The van der Waals surface area contributed by atoms with E-state index in [0.717, 1.165) is 28.9 Å². The molecule has 0 spiro atoms. The summed E-state index contributed by atoms with van der Waals surface area (Å²) in [4.78, 5) is 24.8. The highest BCUT2D eigenvalue weighted by Crippen LogP contribution is 2.37. The first-order chi connectivity index (χ1) is 12.5. The van der Waals surface area contributed by atoms with Gasteiger partial charge in [-0.05, 0) is 31.9 Å². The number of Topliss-reactive ketones (excluding diaryl/α,β-unsaturated/α-hetero) is 1. The van der Waals surface area contributed by atoms with Gasteiger partial charge in [0.1, 0.15) is 11.4 Å². The van der Waals surface area contributed by atoms with Crippen LogP contribution in [0.4, 0.5) is 0 Å². The maximum atomic E-state index is 13.3. The molecule has 0 atom stereocenters. The number of carbonyl (C=O) groups excluding carboxylic acids is 1. The molecule has 0 aromatic heterocycles. The van der Waals surface area contributed by atoms with E-state index in [1.54, 1.807) is 0 Å². The summed E-state index contributed by atoms with van der Waals surface area (Å²) in [6.45, 7) is 6.96. The van der Waals surface area contributed by atoms with E-state index in [2.05, 4.69) is 19.9 Å². The van der Waals surface area contributed by atoms with Crippen LogP contribution in [0.2, 0.25) is 0 Å². The molecule has 2 aromatic carbocycles. The van der Waals surface area contributed by atoms with Gasteiger partial charge < -0.3 is 4.90 Å². The van der Waals surface area contributed by atoms with E-state index < -0.39 is 0 Å². The van der Waals surface area contributed by atoms with Gasteiger partial charge in [-0.15, -0.1) is 0 Å². The molecular weight excluding hydrogens is 322 g/mol. The summed E-state index contributed by atoms with van der Waals surface area (Å²) >= 11 is 0. The van der Waals surface area contributed by atoms with Gasteiger partial charge in [0, 0.05) is 24.7 Å². The Morgan fingerprint density at radius 2 is 1.69 bits per heavy atom. The van der Waals surface area contributed by atoms with Crippen LogP contribution in [-0.2, 0) is 0 Å². The molecule has 1 aliphatic heterocycles. The van der Waals surface area contributed by atoms with Crippen molar-refractivity contribution < 1.29 is 4.79 Å². The van der Waals surface area contributed by atoms with Gasteiger partial charge in [-0.1, -0.05) is 48.0 Å². The molecule has 1 heterocycles. The largest absolute Gasteiger partial charge is 0.344 e. The van der Waals surface area contributed by atoms with E-state index in [1.165, 1.54) is 5.56 Å². The standard InChI is InChI=1S/C22H21N3O/c1-5-25(4)22-23-19-16-8-6-7-9-17(16)21(26)18(20(19)24-22)15-11-10-13(2)12-14(15)3/h6-12H,5H2,1-4H3. The first kappa shape index (κ1) is 16.5. The molecule has 4 heteroatoms. The molecule has 0 unspecified atom stereocenters. The average Bonchev–Trinajstić information content (AvgIpc) is 3.08. The van der Waals surface area contributed by atoms with Crippen molar-refractivity contribution in [3.05, 3.63) is 76.0 Å². The Balaban J connectivity index is 2.01. The van der Waals surface area contributed by atoms with Crippen molar-refractivity contribution >= 4 is 23.0 Å². The van der Waals surface area contributed by atoms with Crippen LogP contribution in [0.5, 0.6) is 0 Å². The number of nitrogens with zero attached hydrogens (tertiary/aromatic N) is 3. The molecule has 4 rings (SSSR count). The van der Waals surface area contributed by atoms with Crippen molar-refractivity contribution in [1.82, 2.24) is 4.90 Å². The summed E-state index contributed by atoms with van der Waals surface area (Å²) in [5, 5.41) is 0. The number of hydrogen-bond donors (Lipinski definition) is 0. The number of guanidine groups is 1. The molecule has 0 bridgehead atoms. The van der Waals surface area contributed by atoms with Gasteiger partial charge in [-0.2, -0.15) is 0 Å². The first-order valence-corrected chi connectivity index (χ1v) is 8.86. The maximum Gasteiger partial charge on any atom is 0.226 e. The second kappa shape index (κ2) is 6.06. The molecule has 2 aliphatic rings. The number of ketones is 1. The van der Waals surface area contributed by atoms with Crippen molar-refractivity contribution in [2.24, 2.45) is 9.98 Å². The van der Waals surface area contributed by atoms with Gasteiger partial charge >= 0.3 is 0 Å². The zero-order valence-electron chi connectivity index (χ0n) is 15.5. The molecule has 0 saturated heterocycles. The van der Waals surface area contributed by atoms with E-state index in [4.69, 9.17) is 9.98 Å². The Labute approximate surface area is 153 Å². The van der Waals surface area contributed by atoms with Crippen LogP contribution in [-0.4, -0.2) is 35.9 Å². The maximum absolute atomic E-state index is 13.3. The Morgan fingerprint density at radius 3 is 2.38 bits per heavy atom. The highest BCUT2D eigenvalue weighted by atomic mass is 16.1. The van der Waals surface area contributed by atoms with Crippen LogP contribution in [0.1, 0.15) is 39.5 Å². The minimum Gasteiger partial charge on any atom is -0.344 e. The second-order valence-corrected chi connectivity index (χ2v) is 6.80. The van der Waals surface area contributed by atoms with Crippen LogP contribution in [0.3, 0.4) is 0 Å². The molecule has 2 aromatic rings. The van der Waals surface area contributed by atoms with E-state index >= 15 is 0 Å². The zero-order valence-corrected chi connectivity index (χ0v) is 15.5. The van der Waals surface area contributed by atoms with Crippen LogP contribution in [0.25, 0.3) is 5.57 Å². The molecule has 0 N–H and O–H groups in total. The number of carbonyl (C=O) groups is 1. The van der Waals surface area contributed by atoms with E-state index in [-0.39, 0.29) is 5.78 Å². The summed E-state index contributed by atoms with van der Waals surface area (Å²) in [6, 6.07) is 13.8. The molecule has 0 fully saturated rings. The third-order valence-electron chi connectivity index (χ3n) is 5.01. The minimum atomic E-state index is 0.0191. The van der Waals surface area contributed by atoms with Crippen LogP contribution >= 0.6 is 0 Å². The van der Waals surface area contributed by atoms with E-state index in [9.17, 15) is 4.79 Å². The number of hydrogen-bond acceptors (Lipinski definition) is 4. The number of rotatable bonds is 2. The molecule has 4 nitrogen and oxygen atoms in total. The van der Waals surface area contributed by atoms with Crippen LogP contribution < -0.4 is 0 Å². The second-order valence-electron chi connectivity index (χ2n) is 6.80. The third kappa shape index (κ3) is 2.41. The molecule has 26 heavy (non-hydrogen) atoms. The van der Waals surface area contributed by atoms with E-state index in [1.807, 2.05) is 55.3 Å². The van der Waals surface area contributed by atoms with Crippen LogP contribution in [0.15, 0.2) is 58.1 Å². The van der Waals surface area contributed by atoms with Gasteiger partial charge in [-0.3, -0.25) is 4.79 Å². The van der Waals surface area contributed by atoms with Gasteiger partial charge in [0.25, 0.3) is 0 Å². The fourth-order valence-corrected chi connectivity index (χ4v) is 3.48. The molecule has 0 saturated carbocycles. The predicted octanol–water partition coefficient (Wildman–Crippen LogP) is 4.02. The Morgan fingerprint density at radius 1 is 0.962 bits per heavy atom. The lowest BCUT2D eigenvalue weighted by Crippen LogP contribution is -2.23. The normalized spacial score (nSPS) is 15.5. The smallest absolute Gasteiger partial charge is 0.226 e. The first-order valence-electron chi connectivity index (χ1n) is 8.86. The number of aliphatic imine (C=N–C) groups is 2. The Bertz CT molecular complexity index is 1030. The Hall–Kier alpha value is -3.01. The molecular formula is C22H21N3O. The fraction of sp³-hybridized carbons (Fsp3) is 0.227. The average molecular weight is 343 g/mol. The van der Waals surface area contributed by atoms with Gasteiger partial charge in [0.15, 0.2) is 5.78 Å². The molecule has 0 amide bonds. The Kier molecular flexibility index (Phi) is 3.83. The van der Waals surface area contributed by atoms with Crippen molar-refractivity contribution in [1.29, 1.82) is 0 Å². The van der Waals surface area contributed by atoms with Gasteiger partial charge in [0.05, 0.1) is 5.57 Å². The summed E-state index contributed by atoms with van der Waals surface area (Å²) in [5.41, 5.74) is 6.88. The molecule has 130 valence electrons. The van der Waals surface area contributed by atoms with E-state index in [0.29, 0.717) is 22.8 Å². The third-order valence-corrected chi connectivity index (χ3v) is 5.01. The lowest BCUT2D eigenvalue weighted by molar-refractivity contribution is 0.105. The lowest BCUT2D eigenvalue weighted by atomic mass is 9.82. The van der Waals surface area contributed by atoms with Crippen molar-refractivity contribution in [3.63, 3.8) is 0 Å². The quantitative estimate of drug-likeness (QED) is 0.827. The lowest BCUT2D eigenvalue weighted by Gasteiger charge is -2.20. The summed E-state index contributed by atoms with van der Waals surface area (Å²) in [6.07, 6.45) is 0.